The van der Waals surface area contributed by atoms with Gasteiger partial charge in [-0.3, -0.25) is 9.36 Å². The molecule has 186 valence electrons. The molecule has 3 heterocycles. The molecule has 1 saturated heterocycles. The van der Waals surface area contributed by atoms with Crippen LogP contribution >= 0.6 is 23.2 Å². The highest BCUT2D eigenvalue weighted by atomic mass is 35.5. The third-order valence-corrected chi connectivity index (χ3v) is 7.02. The largest absolute Gasteiger partial charge is 0.388 e. The quantitative estimate of drug-likeness (QED) is 0.385. The minimum atomic E-state index is -0.671. The number of imidazole rings is 1. The Labute approximate surface area is 210 Å². The Kier molecular flexibility index (Phi) is 6.67. The summed E-state index contributed by atoms with van der Waals surface area (Å²) < 4.78 is 21.9. The zero-order chi connectivity index (χ0) is 24.7. The van der Waals surface area contributed by atoms with E-state index in [0.717, 1.165) is 6.07 Å². The molecule has 2 atom stereocenters. The van der Waals surface area contributed by atoms with Gasteiger partial charge < -0.3 is 26.2 Å². The third-order valence-electron chi connectivity index (χ3n) is 6.51. The van der Waals surface area contributed by atoms with Gasteiger partial charge in [-0.1, -0.05) is 23.2 Å². The first-order valence-corrected chi connectivity index (χ1v) is 12.0. The van der Waals surface area contributed by atoms with Crippen LogP contribution < -0.4 is 16.4 Å². The van der Waals surface area contributed by atoms with E-state index in [0.29, 0.717) is 55.4 Å². The van der Waals surface area contributed by atoms with Crippen LogP contribution in [0.15, 0.2) is 18.3 Å². The lowest BCUT2D eigenvalue weighted by molar-refractivity contribution is -0.122. The third kappa shape index (κ3) is 4.86. The van der Waals surface area contributed by atoms with E-state index in [4.69, 9.17) is 33.7 Å². The van der Waals surface area contributed by atoms with Gasteiger partial charge in [0.1, 0.15) is 11.3 Å². The molecule has 2 fully saturated rings. The maximum atomic E-state index is 14.7. The molecular formula is C22H24Cl2FN7O3. The number of aliphatic hydroxyl groups is 1. The molecule has 1 aromatic carbocycles. The Balaban J connectivity index is 1.54. The fraction of sp³-hybridized carbons (Fsp3) is 0.455. The molecule has 10 nitrogen and oxygen atoms in total. The number of carbonyl (C=O) groups is 1. The molecule has 1 amide bonds. The number of nitrogens with two attached hydrogens (primary N) is 1. The summed E-state index contributed by atoms with van der Waals surface area (Å²) in [5.74, 6) is -0.473. The van der Waals surface area contributed by atoms with Gasteiger partial charge in [-0.25, -0.2) is 14.4 Å². The first kappa shape index (κ1) is 24.0. The predicted molar refractivity (Wildman–Crippen MR) is 129 cm³/mol. The van der Waals surface area contributed by atoms with Gasteiger partial charge in [-0.2, -0.15) is 4.98 Å². The predicted octanol–water partition coefficient (Wildman–Crippen LogP) is 3.40. The molecule has 1 aliphatic carbocycles. The van der Waals surface area contributed by atoms with Crippen molar-refractivity contribution >= 4 is 57.9 Å². The lowest BCUT2D eigenvalue weighted by Gasteiger charge is -2.29. The van der Waals surface area contributed by atoms with Crippen LogP contribution in [0.3, 0.4) is 0 Å². The summed E-state index contributed by atoms with van der Waals surface area (Å²) in [6, 6.07) is 2.19. The summed E-state index contributed by atoms with van der Waals surface area (Å²) in [5.41, 5.74) is 6.56. The lowest BCUT2D eigenvalue weighted by atomic mass is 9.85. The number of halogens is 3. The molecule has 1 saturated carbocycles. The fourth-order valence-electron chi connectivity index (χ4n) is 4.63. The van der Waals surface area contributed by atoms with Gasteiger partial charge in [0, 0.05) is 17.0 Å². The normalized spacial score (nSPS) is 24.6. The summed E-state index contributed by atoms with van der Waals surface area (Å²) in [5, 5.41) is 16.5. The number of carbonyl (C=O) groups excluding carboxylic acids is 1. The number of aromatic nitrogens is 4. The number of fused-ring (bicyclic) bond motifs is 1. The van der Waals surface area contributed by atoms with Crippen LogP contribution in [0.1, 0.15) is 31.7 Å². The van der Waals surface area contributed by atoms with Gasteiger partial charge in [0.05, 0.1) is 42.3 Å². The molecular weight excluding hydrogens is 500 g/mol. The molecule has 0 bridgehead atoms. The molecule has 5 N–H and O–H groups in total. The summed E-state index contributed by atoms with van der Waals surface area (Å²) in [4.78, 5) is 25.3. The maximum Gasteiger partial charge on any atom is 0.225 e. The van der Waals surface area contributed by atoms with E-state index in [1.54, 1.807) is 6.20 Å². The minimum absolute atomic E-state index is 0.0379. The van der Waals surface area contributed by atoms with E-state index in [1.165, 1.54) is 6.07 Å². The highest BCUT2D eigenvalue weighted by Gasteiger charge is 2.30. The van der Waals surface area contributed by atoms with Crippen LogP contribution in [-0.2, 0) is 9.53 Å². The second-order valence-electron chi connectivity index (χ2n) is 8.84. The second kappa shape index (κ2) is 9.73. The minimum Gasteiger partial charge on any atom is -0.388 e. The molecule has 1 unspecified atom stereocenters. The second-order valence-corrected chi connectivity index (χ2v) is 9.68. The van der Waals surface area contributed by atoms with Gasteiger partial charge in [-0.05, 0) is 37.8 Å². The lowest BCUT2D eigenvalue weighted by Crippen LogP contribution is -2.32. The van der Waals surface area contributed by atoms with Crippen LogP contribution in [0.25, 0.3) is 11.2 Å². The Morgan fingerprint density at radius 1 is 1.20 bits per heavy atom. The number of primary amides is 1. The average Bonchev–Trinajstić information content (AvgIpc) is 3.38. The molecule has 0 radical (unpaired) electrons. The van der Waals surface area contributed by atoms with E-state index < -0.39 is 11.9 Å². The Hall–Kier alpha value is -2.73. The number of ether oxygens (including phenoxy) is 1. The Morgan fingerprint density at radius 2 is 1.97 bits per heavy atom. The van der Waals surface area contributed by atoms with Gasteiger partial charge in [-0.15, -0.1) is 0 Å². The maximum absolute atomic E-state index is 14.7. The number of rotatable bonds is 6. The van der Waals surface area contributed by atoms with Crippen molar-refractivity contribution in [3.05, 3.63) is 34.2 Å². The number of nitrogens with one attached hydrogen (secondary N) is 2. The number of hydrogen-bond acceptors (Lipinski definition) is 8. The first-order chi connectivity index (χ1) is 16.8. The number of benzene rings is 1. The molecule has 35 heavy (non-hydrogen) atoms. The first-order valence-electron chi connectivity index (χ1n) is 11.3. The van der Waals surface area contributed by atoms with E-state index in [1.807, 2.05) is 4.57 Å². The fourth-order valence-corrected chi connectivity index (χ4v) is 5.15. The van der Waals surface area contributed by atoms with E-state index >= 15 is 0 Å². The van der Waals surface area contributed by atoms with E-state index in [2.05, 4.69) is 25.6 Å². The van der Waals surface area contributed by atoms with Crippen molar-refractivity contribution in [1.82, 2.24) is 19.5 Å². The number of nitrogens with zero attached hydrogens (tertiary/aromatic N) is 4. The highest BCUT2D eigenvalue weighted by Crippen LogP contribution is 2.38. The number of anilines is 3. The Morgan fingerprint density at radius 3 is 2.63 bits per heavy atom. The smallest absolute Gasteiger partial charge is 0.225 e. The number of hydrogen-bond donors (Lipinski definition) is 4. The van der Waals surface area contributed by atoms with Crippen molar-refractivity contribution in [2.75, 3.05) is 23.8 Å². The molecule has 0 spiro atoms. The number of amides is 1. The van der Waals surface area contributed by atoms with Gasteiger partial charge in [0.15, 0.2) is 5.65 Å². The van der Waals surface area contributed by atoms with Gasteiger partial charge >= 0.3 is 0 Å². The summed E-state index contributed by atoms with van der Waals surface area (Å²) >= 11 is 12.2. The summed E-state index contributed by atoms with van der Waals surface area (Å²) in [6.45, 7) is 0.572. The van der Waals surface area contributed by atoms with Gasteiger partial charge in [0.2, 0.25) is 17.8 Å². The van der Waals surface area contributed by atoms with Crippen molar-refractivity contribution in [2.24, 2.45) is 11.7 Å². The van der Waals surface area contributed by atoms with Crippen molar-refractivity contribution < 1.29 is 19.0 Å². The van der Waals surface area contributed by atoms with Crippen molar-refractivity contribution in [2.45, 2.75) is 43.9 Å². The topological polar surface area (TPSA) is 140 Å². The van der Waals surface area contributed by atoms with Crippen LogP contribution in [0, 0.1) is 11.7 Å². The van der Waals surface area contributed by atoms with Gasteiger partial charge in [0.25, 0.3) is 0 Å². The number of aliphatic hydroxyl groups excluding tert-OH is 1. The summed E-state index contributed by atoms with van der Waals surface area (Å²) in [6.07, 6.45) is 3.45. The molecule has 2 aliphatic rings. The van der Waals surface area contributed by atoms with Crippen molar-refractivity contribution in [1.29, 1.82) is 0 Å². The van der Waals surface area contributed by atoms with Crippen LogP contribution in [0.2, 0.25) is 10.0 Å². The molecule has 5 rings (SSSR count). The van der Waals surface area contributed by atoms with E-state index in [9.17, 15) is 14.3 Å². The average molecular weight is 524 g/mol. The summed E-state index contributed by atoms with van der Waals surface area (Å²) in [7, 11) is 0. The molecule has 13 heteroatoms. The van der Waals surface area contributed by atoms with Crippen molar-refractivity contribution in [3.8, 4) is 0 Å². The van der Waals surface area contributed by atoms with Crippen LogP contribution in [-0.4, -0.2) is 55.9 Å². The molecule has 2 aromatic heterocycles. The van der Waals surface area contributed by atoms with E-state index in [-0.39, 0.29) is 46.2 Å². The zero-order valence-corrected chi connectivity index (χ0v) is 20.1. The standard InChI is InChI=1S/C22H24Cl2FN7O3/c23-11-5-13(24)18(14(25)6-11)30-22-29-15-7-27-21(28-16-8-35-9-17(16)33)31-20(15)32(22)12-3-1-10(2-4-12)19(26)34/h5-7,10,12,16-17,33H,1-4,8-9H2,(H2,26,34)(H,29,30)(H,27,28,31)/t10-,12+,16?,17-/m1/s1. The molecule has 3 aromatic rings. The Bertz CT molecular complexity index is 1240. The highest BCUT2D eigenvalue weighted by molar-refractivity contribution is 6.36. The van der Waals surface area contributed by atoms with Crippen LogP contribution in [0.4, 0.5) is 22.0 Å². The van der Waals surface area contributed by atoms with Crippen molar-refractivity contribution in [3.63, 3.8) is 0 Å². The monoisotopic (exact) mass is 523 g/mol. The molecule has 1 aliphatic heterocycles. The zero-order valence-electron chi connectivity index (χ0n) is 18.5. The SMILES string of the molecule is NC(=O)[C@H]1CC[C@@H](n2c(Nc3c(F)cc(Cl)cc3Cl)nc3cnc(NC4COC[C@H]4O)nc32)CC1. The van der Waals surface area contributed by atoms with Crippen LogP contribution in [0.5, 0.6) is 0 Å².